The molecule has 4 fully saturated rings. The van der Waals surface area contributed by atoms with Gasteiger partial charge < -0.3 is 19.9 Å². The molecule has 1 amide bonds. The van der Waals surface area contributed by atoms with Crippen LogP contribution in [0.15, 0.2) is 68.0 Å². The minimum absolute atomic E-state index is 0.0898. The molecule has 2 aliphatic carbocycles. The van der Waals surface area contributed by atoms with Gasteiger partial charge in [-0.3, -0.25) is 9.78 Å². The lowest BCUT2D eigenvalue weighted by atomic mass is 9.59. The molecule has 0 aromatic carbocycles. The second-order valence-electron chi connectivity index (χ2n) is 12.6. The molecule has 6 heterocycles. The normalized spacial score (nSPS) is 23.6. The number of carbonyl (C=O) groups excluding carboxylic acids is 1. The smallest absolute Gasteiger partial charge is 0.253 e. The highest BCUT2D eigenvalue weighted by atomic mass is 16.5. The first-order chi connectivity index (χ1) is 21.8. The topological polar surface area (TPSA) is 125 Å². The molecule has 4 bridgehead atoms. The van der Waals surface area contributed by atoms with E-state index in [0.717, 1.165) is 54.6 Å². The first-order valence-electron chi connectivity index (χ1n) is 15.2. The number of rotatable bonds is 8. The van der Waals surface area contributed by atoms with E-state index >= 15 is 0 Å². The Morgan fingerprint density at radius 3 is 2.53 bits per heavy atom. The Labute approximate surface area is 261 Å². The SMILES string of the molecule is C=C/C(=C\N(C)C)c1cc(-c2cnc(N3C4CC5CC3CC(NC(=O)c3ccc(OC)nc3)(C5)C4)cn2)c2c(C#N)cnn2c1. The van der Waals surface area contributed by atoms with Crippen LogP contribution < -0.4 is 15.0 Å². The molecule has 2 saturated carbocycles. The molecule has 4 aromatic rings. The zero-order valence-electron chi connectivity index (χ0n) is 25.6. The van der Waals surface area contributed by atoms with Crippen molar-refractivity contribution >= 4 is 22.8 Å². The van der Waals surface area contributed by atoms with Crippen molar-refractivity contribution in [1.29, 1.82) is 5.26 Å². The molecule has 2 unspecified atom stereocenters. The van der Waals surface area contributed by atoms with E-state index in [2.05, 4.69) is 32.9 Å². The number of amides is 1. The van der Waals surface area contributed by atoms with E-state index in [0.29, 0.717) is 34.1 Å². The number of hydrogen-bond donors (Lipinski definition) is 1. The van der Waals surface area contributed by atoms with Gasteiger partial charge in [-0.2, -0.15) is 10.4 Å². The maximum absolute atomic E-state index is 13.2. The monoisotopic (exact) mass is 601 g/mol. The third-order valence-electron chi connectivity index (χ3n) is 9.38. The van der Waals surface area contributed by atoms with E-state index in [-0.39, 0.29) is 23.5 Å². The Morgan fingerprint density at radius 1 is 1.11 bits per heavy atom. The van der Waals surface area contributed by atoms with E-state index in [9.17, 15) is 10.1 Å². The second-order valence-corrected chi connectivity index (χ2v) is 12.6. The molecule has 2 aliphatic heterocycles. The van der Waals surface area contributed by atoms with E-state index < -0.39 is 0 Å². The number of nitriles is 1. The van der Waals surface area contributed by atoms with Crippen LogP contribution >= 0.6 is 0 Å². The van der Waals surface area contributed by atoms with Crippen LogP contribution in [-0.4, -0.2) is 74.2 Å². The van der Waals surface area contributed by atoms with E-state index in [1.165, 1.54) is 0 Å². The van der Waals surface area contributed by atoms with Gasteiger partial charge >= 0.3 is 0 Å². The zero-order valence-corrected chi connectivity index (χ0v) is 25.6. The number of aromatic nitrogens is 5. The minimum Gasteiger partial charge on any atom is -0.481 e. The molecule has 45 heavy (non-hydrogen) atoms. The number of methoxy groups -OCH3 is 1. The van der Waals surface area contributed by atoms with Crippen LogP contribution in [0.2, 0.25) is 0 Å². The molecule has 4 aromatic heterocycles. The van der Waals surface area contributed by atoms with E-state index in [1.807, 2.05) is 43.7 Å². The van der Waals surface area contributed by atoms with Crippen LogP contribution in [0.4, 0.5) is 5.82 Å². The average molecular weight is 602 g/mol. The highest BCUT2D eigenvalue weighted by Gasteiger charge is 2.55. The van der Waals surface area contributed by atoms with Gasteiger partial charge in [-0.15, -0.1) is 0 Å². The number of nitrogens with zero attached hydrogens (tertiary/aromatic N) is 8. The molecular formula is C34H35N9O2. The van der Waals surface area contributed by atoms with Crippen molar-refractivity contribution in [2.45, 2.75) is 49.7 Å². The summed E-state index contributed by atoms with van der Waals surface area (Å²) in [5.41, 5.74) is 4.74. The molecule has 11 heteroatoms. The molecule has 228 valence electrons. The maximum atomic E-state index is 13.2. The molecule has 2 atom stereocenters. The fraction of sp³-hybridized carbons (Fsp3) is 0.353. The predicted molar refractivity (Wildman–Crippen MR) is 170 cm³/mol. The fourth-order valence-corrected chi connectivity index (χ4v) is 7.77. The molecule has 0 spiro atoms. The average Bonchev–Trinajstić information content (AvgIpc) is 3.46. The zero-order chi connectivity index (χ0) is 31.3. The molecule has 0 radical (unpaired) electrons. The number of pyridine rings is 2. The Kier molecular flexibility index (Phi) is 7.00. The quantitative estimate of drug-likeness (QED) is 0.291. The van der Waals surface area contributed by atoms with Gasteiger partial charge in [0.25, 0.3) is 5.91 Å². The molecule has 1 N–H and O–H groups in total. The number of carbonyl (C=O) groups is 1. The fourth-order valence-electron chi connectivity index (χ4n) is 7.77. The van der Waals surface area contributed by atoms with Crippen LogP contribution in [0.5, 0.6) is 5.88 Å². The van der Waals surface area contributed by atoms with Crippen LogP contribution in [-0.2, 0) is 0 Å². The minimum atomic E-state index is -0.234. The van der Waals surface area contributed by atoms with Crippen LogP contribution in [0, 0.1) is 17.2 Å². The number of piperidine rings is 2. The Bertz CT molecular complexity index is 1840. The lowest BCUT2D eigenvalue weighted by molar-refractivity contribution is 0.0358. The van der Waals surface area contributed by atoms with Crippen molar-refractivity contribution in [2.24, 2.45) is 5.92 Å². The van der Waals surface area contributed by atoms with Crippen molar-refractivity contribution in [1.82, 2.24) is 34.8 Å². The van der Waals surface area contributed by atoms with Crippen LogP contribution in [0.25, 0.3) is 22.3 Å². The van der Waals surface area contributed by atoms with Gasteiger partial charge in [-0.1, -0.05) is 12.7 Å². The Morgan fingerprint density at radius 2 is 1.91 bits per heavy atom. The molecule has 2 saturated heterocycles. The van der Waals surface area contributed by atoms with Gasteiger partial charge in [-0.25, -0.2) is 14.5 Å². The third-order valence-corrected chi connectivity index (χ3v) is 9.38. The number of hydrogen-bond acceptors (Lipinski definition) is 9. The summed E-state index contributed by atoms with van der Waals surface area (Å²) in [4.78, 5) is 31.7. The largest absolute Gasteiger partial charge is 0.481 e. The standard InChI is InChI=1S/C34H35N9O2/c1-5-22(19-41(2)3)24-10-28(32-25(14-35)16-39-42(32)20-24)29-17-37-30(18-36-29)43-26-8-21-9-27(43)13-34(11-21,12-26)40-33(44)23-6-7-31(45-4)38-15-23/h5-7,10,15-21,26-27H,1,8-9,11-13H2,2-4H3,(H,40,44)/b22-19+. The molecular weight excluding hydrogens is 566 g/mol. The first kappa shape index (κ1) is 28.5. The number of ether oxygens (including phenoxy) is 1. The van der Waals surface area contributed by atoms with E-state index in [1.54, 1.807) is 48.4 Å². The summed E-state index contributed by atoms with van der Waals surface area (Å²) in [6.45, 7) is 4.00. The Balaban J connectivity index is 1.16. The highest BCUT2D eigenvalue weighted by Crippen LogP contribution is 2.52. The molecule has 8 rings (SSSR count). The third kappa shape index (κ3) is 5.06. The van der Waals surface area contributed by atoms with Gasteiger partial charge in [0.05, 0.1) is 48.0 Å². The van der Waals surface area contributed by atoms with Gasteiger partial charge in [0.1, 0.15) is 11.9 Å². The summed E-state index contributed by atoms with van der Waals surface area (Å²) in [5, 5.41) is 17.7. The van der Waals surface area contributed by atoms with Crippen molar-refractivity contribution in [3.8, 4) is 23.2 Å². The van der Waals surface area contributed by atoms with E-state index in [4.69, 9.17) is 14.7 Å². The summed E-state index contributed by atoms with van der Waals surface area (Å²) in [7, 11) is 5.48. The maximum Gasteiger partial charge on any atom is 0.253 e. The predicted octanol–water partition coefficient (Wildman–Crippen LogP) is 4.47. The summed E-state index contributed by atoms with van der Waals surface area (Å²) in [6, 6.07) is 8.30. The highest BCUT2D eigenvalue weighted by molar-refractivity contribution is 5.94. The summed E-state index contributed by atoms with van der Waals surface area (Å²) in [5.74, 6) is 1.80. The van der Waals surface area contributed by atoms with Crippen molar-refractivity contribution < 1.29 is 9.53 Å². The first-order valence-corrected chi connectivity index (χ1v) is 15.2. The molecule has 4 aliphatic rings. The Hall–Kier alpha value is -5.24. The number of fused-ring (bicyclic) bond motifs is 1. The van der Waals surface area contributed by atoms with Gasteiger partial charge in [0, 0.05) is 67.5 Å². The lowest BCUT2D eigenvalue weighted by Gasteiger charge is -2.62. The number of allylic oxidation sites excluding steroid dienone is 2. The van der Waals surface area contributed by atoms with Gasteiger partial charge in [-0.05, 0) is 55.7 Å². The van der Waals surface area contributed by atoms with Crippen LogP contribution in [0.3, 0.4) is 0 Å². The van der Waals surface area contributed by atoms with Crippen molar-refractivity contribution in [2.75, 3.05) is 26.1 Å². The van der Waals surface area contributed by atoms with Crippen molar-refractivity contribution in [3.05, 3.63) is 84.7 Å². The van der Waals surface area contributed by atoms with Gasteiger partial charge in [0.2, 0.25) is 5.88 Å². The van der Waals surface area contributed by atoms with Crippen molar-refractivity contribution in [3.63, 3.8) is 0 Å². The van der Waals surface area contributed by atoms with Crippen LogP contribution in [0.1, 0.15) is 53.6 Å². The van der Waals surface area contributed by atoms with Gasteiger partial charge in [0.15, 0.2) is 0 Å². The lowest BCUT2D eigenvalue weighted by Crippen LogP contribution is -2.69. The summed E-state index contributed by atoms with van der Waals surface area (Å²) < 4.78 is 6.87. The summed E-state index contributed by atoms with van der Waals surface area (Å²) >= 11 is 0. The number of anilines is 1. The summed E-state index contributed by atoms with van der Waals surface area (Å²) in [6.07, 6.45) is 17.4. The number of nitrogens with one attached hydrogen (secondary N) is 1. The molecule has 11 nitrogen and oxygen atoms in total. The second kappa shape index (κ2) is 11.0.